The topological polar surface area (TPSA) is 33.2 Å². The van der Waals surface area contributed by atoms with E-state index < -0.39 is 0 Å². The third-order valence-corrected chi connectivity index (χ3v) is 7.30. The molecule has 3 nitrogen and oxygen atoms in total. The van der Waals surface area contributed by atoms with Crippen LogP contribution in [0.5, 0.6) is 0 Å². The van der Waals surface area contributed by atoms with E-state index in [-0.39, 0.29) is 29.8 Å². The Morgan fingerprint density at radius 1 is 0.938 bits per heavy atom. The van der Waals surface area contributed by atoms with Gasteiger partial charge in [0.15, 0.2) is 0 Å². The highest BCUT2D eigenvalue weighted by molar-refractivity contribution is 6.30. The minimum atomic E-state index is -0.109. The Labute approximate surface area is 199 Å². The molecule has 1 aromatic heterocycles. The van der Waals surface area contributed by atoms with Crippen LogP contribution in [0, 0.1) is 11.8 Å². The highest BCUT2D eigenvalue weighted by Crippen LogP contribution is 2.53. The summed E-state index contributed by atoms with van der Waals surface area (Å²) in [6.07, 6.45) is 4.85. The van der Waals surface area contributed by atoms with Crippen LogP contribution >= 0.6 is 23.2 Å². The second-order valence-electron chi connectivity index (χ2n) is 9.08. The molecular weight excluding hydrogens is 439 g/mol. The first-order valence-electron chi connectivity index (χ1n) is 11.3. The first kappa shape index (κ1) is 21.5. The molecule has 3 aromatic rings. The molecule has 2 unspecified atom stereocenters. The number of halogens is 2. The predicted octanol–water partition coefficient (Wildman–Crippen LogP) is 7.23. The number of hydrogen-bond acceptors (Lipinski definition) is 2. The second-order valence-corrected chi connectivity index (χ2v) is 9.95. The molecule has 1 aliphatic heterocycles. The molecule has 1 saturated heterocycles. The van der Waals surface area contributed by atoms with E-state index in [4.69, 9.17) is 28.2 Å². The van der Waals surface area contributed by atoms with Crippen molar-refractivity contribution in [1.29, 1.82) is 0 Å². The van der Waals surface area contributed by atoms with E-state index >= 15 is 0 Å². The van der Waals surface area contributed by atoms with Crippen molar-refractivity contribution >= 4 is 29.1 Å². The zero-order chi connectivity index (χ0) is 22.2. The SMILES string of the molecule is CC1C[C@H](c2cccc(Cl)c2)C(c2ccc(Cl)cc2)N([C@H](c2ccccn2)C2CC2)C1=O. The first-order chi connectivity index (χ1) is 15.5. The number of aromatic nitrogens is 1. The fraction of sp³-hybridized carbons (Fsp3) is 0.333. The van der Waals surface area contributed by atoms with Crippen molar-refractivity contribution in [2.75, 3.05) is 0 Å². The van der Waals surface area contributed by atoms with Crippen LogP contribution in [0.2, 0.25) is 10.0 Å². The summed E-state index contributed by atoms with van der Waals surface area (Å²) in [5, 5.41) is 1.41. The Kier molecular flexibility index (Phi) is 5.96. The minimum absolute atomic E-state index is 0.0335. The Morgan fingerprint density at radius 3 is 2.38 bits per heavy atom. The highest BCUT2D eigenvalue weighted by Gasteiger charge is 2.49. The smallest absolute Gasteiger partial charge is 0.226 e. The summed E-state index contributed by atoms with van der Waals surface area (Å²) in [6.45, 7) is 2.05. The lowest BCUT2D eigenvalue weighted by molar-refractivity contribution is -0.147. The monoisotopic (exact) mass is 464 g/mol. The third-order valence-electron chi connectivity index (χ3n) is 6.81. The van der Waals surface area contributed by atoms with E-state index in [0.717, 1.165) is 41.1 Å². The zero-order valence-corrected chi connectivity index (χ0v) is 19.5. The number of nitrogens with zero attached hydrogens (tertiary/aromatic N) is 2. The van der Waals surface area contributed by atoms with Crippen LogP contribution in [-0.2, 0) is 4.79 Å². The van der Waals surface area contributed by atoms with Crippen LogP contribution in [-0.4, -0.2) is 15.8 Å². The number of carbonyl (C=O) groups excluding carboxylic acids is 1. The number of hydrogen-bond donors (Lipinski definition) is 0. The van der Waals surface area contributed by atoms with E-state index in [9.17, 15) is 4.79 Å². The summed E-state index contributed by atoms with van der Waals surface area (Å²) in [6, 6.07) is 21.9. The molecule has 0 bridgehead atoms. The number of piperidine rings is 1. The van der Waals surface area contributed by atoms with Crippen molar-refractivity contribution in [3.05, 3.63) is 99.8 Å². The van der Waals surface area contributed by atoms with Crippen LogP contribution in [0.1, 0.15) is 61.0 Å². The standard InChI is InChI=1S/C27H26Cl2N2O/c1-17-15-23(20-5-4-6-22(29)16-20)25(18-10-12-21(28)13-11-18)31(27(17)32)26(19-8-9-19)24-7-2-3-14-30-24/h2-7,10-14,16-17,19,23,25-26H,8-9,15H2,1H3/t17?,23-,25?,26+/m1/s1. The Hall–Kier alpha value is -2.36. The molecule has 1 saturated carbocycles. The van der Waals surface area contributed by atoms with Gasteiger partial charge < -0.3 is 4.90 Å². The van der Waals surface area contributed by atoms with Crippen molar-refractivity contribution in [2.45, 2.75) is 44.2 Å². The van der Waals surface area contributed by atoms with Crippen LogP contribution in [0.4, 0.5) is 0 Å². The van der Waals surface area contributed by atoms with Gasteiger partial charge in [-0.3, -0.25) is 9.78 Å². The van der Waals surface area contributed by atoms with Crippen molar-refractivity contribution in [2.24, 2.45) is 11.8 Å². The van der Waals surface area contributed by atoms with E-state index in [1.54, 1.807) is 0 Å². The molecule has 5 heteroatoms. The van der Waals surface area contributed by atoms with Crippen LogP contribution in [0.3, 0.4) is 0 Å². The summed E-state index contributed by atoms with van der Waals surface area (Å²) < 4.78 is 0. The summed E-state index contributed by atoms with van der Waals surface area (Å²) in [5.41, 5.74) is 3.24. The number of rotatable bonds is 5. The molecule has 1 amide bonds. The maximum atomic E-state index is 13.8. The normalized spacial score (nSPS) is 24.4. The van der Waals surface area contributed by atoms with Crippen LogP contribution < -0.4 is 0 Å². The lowest BCUT2D eigenvalue weighted by Gasteiger charge is -2.48. The van der Waals surface area contributed by atoms with Crippen molar-refractivity contribution in [1.82, 2.24) is 9.88 Å². The van der Waals surface area contributed by atoms with Gasteiger partial charge in [-0.1, -0.05) is 60.5 Å². The molecule has 4 atom stereocenters. The highest BCUT2D eigenvalue weighted by atomic mass is 35.5. The maximum absolute atomic E-state index is 13.8. The van der Waals surface area contributed by atoms with Gasteiger partial charge in [0, 0.05) is 28.1 Å². The van der Waals surface area contributed by atoms with E-state index in [1.807, 2.05) is 55.6 Å². The summed E-state index contributed by atoms with van der Waals surface area (Å²) in [7, 11) is 0. The van der Waals surface area contributed by atoms with Crippen LogP contribution in [0.15, 0.2) is 72.9 Å². The molecule has 2 aliphatic rings. The fourth-order valence-corrected chi connectivity index (χ4v) is 5.51. The van der Waals surface area contributed by atoms with Gasteiger partial charge in [-0.2, -0.15) is 0 Å². The van der Waals surface area contributed by atoms with Gasteiger partial charge in [0.1, 0.15) is 0 Å². The van der Waals surface area contributed by atoms with Crippen molar-refractivity contribution in [3.63, 3.8) is 0 Å². The first-order valence-corrected chi connectivity index (χ1v) is 12.0. The number of pyridine rings is 1. The molecule has 2 fully saturated rings. The quantitative estimate of drug-likeness (QED) is 0.398. The van der Waals surface area contributed by atoms with E-state index in [0.29, 0.717) is 10.9 Å². The van der Waals surface area contributed by atoms with E-state index in [1.165, 1.54) is 0 Å². The number of amides is 1. The van der Waals surface area contributed by atoms with Crippen molar-refractivity contribution in [3.8, 4) is 0 Å². The van der Waals surface area contributed by atoms with Gasteiger partial charge in [-0.15, -0.1) is 0 Å². The average Bonchev–Trinajstić information content (AvgIpc) is 3.63. The average molecular weight is 465 g/mol. The lowest BCUT2D eigenvalue weighted by atomic mass is 9.75. The van der Waals surface area contributed by atoms with Crippen LogP contribution in [0.25, 0.3) is 0 Å². The summed E-state index contributed by atoms with van der Waals surface area (Å²) in [5.74, 6) is 0.694. The lowest BCUT2D eigenvalue weighted by Crippen LogP contribution is -2.48. The fourth-order valence-electron chi connectivity index (χ4n) is 5.19. The molecule has 2 heterocycles. The molecule has 0 spiro atoms. The minimum Gasteiger partial charge on any atom is -0.326 e. The van der Waals surface area contributed by atoms with Gasteiger partial charge in [0.2, 0.25) is 5.91 Å². The summed E-state index contributed by atoms with van der Waals surface area (Å²) in [4.78, 5) is 20.6. The molecule has 0 N–H and O–H groups in total. The molecule has 1 aliphatic carbocycles. The van der Waals surface area contributed by atoms with Crippen molar-refractivity contribution < 1.29 is 4.79 Å². The maximum Gasteiger partial charge on any atom is 0.226 e. The molecule has 32 heavy (non-hydrogen) atoms. The Balaban J connectivity index is 1.67. The predicted molar refractivity (Wildman–Crippen MR) is 129 cm³/mol. The van der Waals surface area contributed by atoms with Gasteiger partial charge in [0.25, 0.3) is 0 Å². The largest absolute Gasteiger partial charge is 0.326 e. The molecular formula is C27H26Cl2N2O. The Morgan fingerprint density at radius 2 is 1.72 bits per heavy atom. The molecule has 2 aromatic carbocycles. The third kappa shape index (κ3) is 4.16. The second kappa shape index (κ2) is 8.88. The van der Waals surface area contributed by atoms with Gasteiger partial charge >= 0.3 is 0 Å². The van der Waals surface area contributed by atoms with Gasteiger partial charge in [-0.25, -0.2) is 0 Å². The molecule has 164 valence electrons. The number of benzene rings is 2. The number of carbonyl (C=O) groups is 1. The van der Waals surface area contributed by atoms with Gasteiger partial charge in [-0.05, 0) is 72.7 Å². The number of likely N-dealkylation sites (tertiary alicyclic amines) is 1. The van der Waals surface area contributed by atoms with Gasteiger partial charge in [0.05, 0.1) is 17.8 Å². The summed E-state index contributed by atoms with van der Waals surface area (Å²) >= 11 is 12.6. The zero-order valence-electron chi connectivity index (χ0n) is 18.0. The van der Waals surface area contributed by atoms with E-state index in [2.05, 4.69) is 29.2 Å². The Bertz CT molecular complexity index is 1100. The molecule has 5 rings (SSSR count). The molecule has 0 radical (unpaired) electrons.